The molecule has 0 saturated carbocycles. The Morgan fingerprint density at radius 3 is 2.91 bits per heavy atom. The fraction of sp³-hybridized carbons (Fsp3) is 0.750. The fourth-order valence-electron chi connectivity index (χ4n) is 2.75. The molecule has 2 heterocycles. The molecule has 2 atom stereocenters. The molecule has 1 amide bonds. The number of aromatic nitrogens is 2. The van der Waals surface area contributed by atoms with Crippen molar-refractivity contribution in [2.75, 3.05) is 13.1 Å². The molecule has 1 N–H and O–H groups in total. The van der Waals surface area contributed by atoms with Gasteiger partial charge in [0, 0.05) is 37.6 Å². The highest BCUT2D eigenvalue weighted by molar-refractivity contribution is 5.68. The lowest BCUT2D eigenvalue weighted by molar-refractivity contribution is 0.0183. The summed E-state index contributed by atoms with van der Waals surface area (Å²) >= 11 is 0. The van der Waals surface area contributed by atoms with Crippen molar-refractivity contribution in [3.8, 4) is 0 Å². The van der Waals surface area contributed by atoms with E-state index in [0.29, 0.717) is 18.6 Å². The van der Waals surface area contributed by atoms with E-state index in [1.165, 1.54) is 0 Å². The molecule has 0 unspecified atom stereocenters. The van der Waals surface area contributed by atoms with Gasteiger partial charge in [-0.05, 0) is 46.6 Å². The summed E-state index contributed by atoms with van der Waals surface area (Å²) in [5.74, 6) is 0. The Morgan fingerprint density at radius 1 is 1.50 bits per heavy atom. The summed E-state index contributed by atoms with van der Waals surface area (Å²) in [6, 6.07) is 2.55. The smallest absolute Gasteiger partial charge is 0.410 e. The normalized spacial score (nSPS) is 20.7. The van der Waals surface area contributed by atoms with Crippen molar-refractivity contribution in [3.63, 3.8) is 0 Å². The molecule has 1 aliphatic rings. The molecule has 1 aromatic rings. The quantitative estimate of drug-likeness (QED) is 0.927. The third-order valence-corrected chi connectivity index (χ3v) is 3.61. The maximum atomic E-state index is 12.2. The van der Waals surface area contributed by atoms with Crippen LogP contribution >= 0.6 is 0 Å². The molecule has 0 radical (unpaired) electrons. The fourth-order valence-corrected chi connectivity index (χ4v) is 2.75. The summed E-state index contributed by atoms with van der Waals surface area (Å²) in [6.07, 6.45) is 5.64. The van der Waals surface area contributed by atoms with Gasteiger partial charge < -0.3 is 15.0 Å². The summed E-state index contributed by atoms with van der Waals surface area (Å²) in [4.78, 5) is 14.0. The van der Waals surface area contributed by atoms with Crippen molar-refractivity contribution >= 4 is 6.09 Å². The second-order valence-corrected chi connectivity index (χ2v) is 7.06. The van der Waals surface area contributed by atoms with Gasteiger partial charge in [-0.2, -0.15) is 5.10 Å². The number of likely N-dealkylation sites (tertiary alicyclic amines) is 1. The number of hydrogen-bond acceptors (Lipinski definition) is 4. The average molecular weight is 308 g/mol. The van der Waals surface area contributed by atoms with Crippen LogP contribution in [0.5, 0.6) is 0 Å². The first-order chi connectivity index (χ1) is 10.3. The maximum absolute atomic E-state index is 12.2. The molecule has 0 spiro atoms. The van der Waals surface area contributed by atoms with Gasteiger partial charge in [0.1, 0.15) is 5.60 Å². The molecule has 0 aromatic carbocycles. The van der Waals surface area contributed by atoms with Gasteiger partial charge in [-0.25, -0.2) is 4.79 Å². The first-order valence-electron chi connectivity index (χ1n) is 8.05. The monoisotopic (exact) mass is 308 g/mol. The first-order valence-corrected chi connectivity index (χ1v) is 8.05. The molecule has 6 heteroatoms. The standard InChI is InChI=1S/C16H28N4O2/c1-13(11-20-10-6-8-17-20)18-14-7-5-9-19(12-14)15(21)22-16(2,3)4/h6,8,10,13-14,18H,5,7,9,11-12H2,1-4H3/t13-,14+/m1/s1. The van der Waals surface area contributed by atoms with Gasteiger partial charge in [0.15, 0.2) is 0 Å². The van der Waals surface area contributed by atoms with E-state index < -0.39 is 5.60 Å². The van der Waals surface area contributed by atoms with Crippen molar-refractivity contribution in [1.82, 2.24) is 20.0 Å². The zero-order valence-electron chi connectivity index (χ0n) is 14.1. The van der Waals surface area contributed by atoms with E-state index in [-0.39, 0.29) is 6.09 Å². The van der Waals surface area contributed by atoms with Crippen LogP contribution in [0.3, 0.4) is 0 Å². The molecule has 0 aliphatic carbocycles. The van der Waals surface area contributed by atoms with E-state index in [4.69, 9.17) is 4.74 Å². The van der Waals surface area contributed by atoms with E-state index in [1.54, 1.807) is 6.20 Å². The third kappa shape index (κ3) is 5.33. The van der Waals surface area contributed by atoms with Crippen molar-refractivity contribution in [3.05, 3.63) is 18.5 Å². The second-order valence-electron chi connectivity index (χ2n) is 7.06. The zero-order chi connectivity index (χ0) is 16.2. The Bertz CT molecular complexity index is 467. The highest BCUT2D eigenvalue weighted by Gasteiger charge is 2.28. The van der Waals surface area contributed by atoms with E-state index in [1.807, 2.05) is 42.6 Å². The third-order valence-electron chi connectivity index (χ3n) is 3.61. The highest BCUT2D eigenvalue weighted by Crippen LogP contribution is 2.15. The van der Waals surface area contributed by atoms with E-state index in [2.05, 4.69) is 17.3 Å². The van der Waals surface area contributed by atoms with Gasteiger partial charge in [-0.15, -0.1) is 0 Å². The lowest BCUT2D eigenvalue weighted by Gasteiger charge is -2.35. The number of nitrogens with one attached hydrogen (secondary N) is 1. The number of amides is 1. The molecule has 1 aliphatic heterocycles. The van der Waals surface area contributed by atoms with Gasteiger partial charge in [-0.3, -0.25) is 4.68 Å². The number of ether oxygens (including phenoxy) is 1. The van der Waals surface area contributed by atoms with Crippen LogP contribution in [0, 0.1) is 0 Å². The average Bonchev–Trinajstić information content (AvgIpc) is 2.89. The first kappa shape index (κ1) is 16.8. The Morgan fingerprint density at radius 2 is 2.27 bits per heavy atom. The van der Waals surface area contributed by atoms with Gasteiger partial charge in [0.05, 0.1) is 6.54 Å². The van der Waals surface area contributed by atoms with Crippen molar-refractivity contribution in [2.45, 2.75) is 64.8 Å². The largest absolute Gasteiger partial charge is 0.444 e. The van der Waals surface area contributed by atoms with E-state index in [9.17, 15) is 4.79 Å². The Labute approximate surface area is 132 Å². The van der Waals surface area contributed by atoms with Gasteiger partial charge in [-0.1, -0.05) is 0 Å². The van der Waals surface area contributed by atoms with Gasteiger partial charge in [0.2, 0.25) is 0 Å². The Balaban J connectivity index is 1.81. The highest BCUT2D eigenvalue weighted by atomic mass is 16.6. The summed E-state index contributed by atoms with van der Waals surface area (Å²) in [6.45, 7) is 10.2. The van der Waals surface area contributed by atoms with E-state index >= 15 is 0 Å². The summed E-state index contributed by atoms with van der Waals surface area (Å²) < 4.78 is 7.38. The number of rotatable bonds is 4. The van der Waals surface area contributed by atoms with Crippen LogP contribution in [0.25, 0.3) is 0 Å². The zero-order valence-corrected chi connectivity index (χ0v) is 14.1. The molecule has 2 rings (SSSR count). The maximum Gasteiger partial charge on any atom is 0.410 e. The van der Waals surface area contributed by atoms with Crippen LogP contribution in [0.4, 0.5) is 4.79 Å². The molecule has 1 fully saturated rings. The van der Waals surface area contributed by atoms with Crippen LogP contribution in [-0.2, 0) is 11.3 Å². The lowest BCUT2D eigenvalue weighted by Crippen LogP contribution is -2.51. The van der Waals surface area contributed by atoms with Gasteiger partial charge >= 0.3 is 6.09 Å². The molecule has 1 saturated heterocycles. The van der Waals surface area contributed by atoms with Gasteiger partial charge in [0.25, 0.3) is 0 Å². The number of carbonyl (C=O) groups is 1. The molecular weight excluding hydrogens is 280 g/mol. The molecular formula is C16H28N4O2. The molecule has 124 valence electrons. The summed E-state index contributed by atoms with van der Waals surface area (Å²) in [7, 11) is 0. The number of nitrogens with zero attached hydrogens (tertiary/aromatic N) is 3. The topological polar surface area (TPSA) is 59.4 Å². The minimum Gasteiger partial charge on any atom is -0.444 e. The Kier molecular flexibility index (Phi) is 5.45. The van der Waals surface area contributed by atoms with Crippen molar-refractivity contribution in [2.24, 2.45) is 0 Å². The minimum atomic E-state index is -0.440. The molecule has 1 aromatic heterocycles. The van der Waals surface area contributed by atoms with Crippen LogP contribution in [0.15, 0.2) is 18.5 Å². The van der Waals surface area contributed by atoms with Crippen LogP contribution in [0.2, 0.25) is 0 Å². The number of piperidine rings is 1. The van der Waals surface area contributed by atoms with E-state index in [0.717, 1.165) is 25.9 Å². The van der Waals surface area contributed by atoms with Crippen molar-refractivity contribution < 1.29 is 9.53 Å². The minimum absolute atomic E-state index is 0.210. The Hall–Kier alpha value is -1.56. The van der Waals surface area contributed by atoms with Crippen LogP contribution in [-0.4, -0.2) is 51.5 Å². The summed E-state index contributed by atoms with van der Waals surface area (Å²) in [5, 5.41) is 7.82. The number of carbonyl (C=O) groups excluding carboxylic acids is 1. The molecule has 22 heavy (non-hydrogen) atoms. The second kappa shape index (κ2) is 7.13. The lowest BCUT2D eigenvalue weighted by atomic mass is 10.1. The predicted octanol–water partition coefficient (Wildman–Crippen LogP) is 2.26. The predicted molar refractivity (Wildman–Crippen MR) is 85.7 cm³/mol. The molecule has 6 nitrogen and oxygen atoms in total. The summed E-state index contributed by atoms with van der Waals surface area (Å²) in [5.41, 5.74) is -0.440. The van der Waals surface area contributed by atoms with Crippen molar-refractivity contribution in [1.29, 1.82) is 0 Å². The SMILES string of the molecule is C[C@H](Cn1cccn1)N[C@H]1CCCN(C(=O)OC(C)(C)C)C1. The molecule has 0 bridgehead atoms. The number of hydrogen-bond donors (Lipinski definition) is 1. The van der Waals surface area contributed by atoms with Crippen LogP contribution in [0.1, 0.15) is 40.5 Å². The van der Waals surface area contributed by atoms with Crippen LogP contribution < -0.4 is 5.32 Å².